The van der Waals surface area contributed by atoms with E-state index in [2.05, 4.69) is 16.4 Å². The van der Waals surface area contributed by atoms with Crippen LogP contribution in [0.2, 0.25) is 5.02 Å². The molecule has 6 heteroatoms. The molecule has 0 spiro atoms. The molecule has 2 aromatic heterocycles. The van der Waals surface area contributed by atoms with E-state index in [4.69, 9.17) is 26.3 Å². The second-order valence-electron chi connectivity index (χ2n) is 8.00. The van der Waals surface area contributed by atoms with Crippen LogP contribution in [-0.4, -0.2) is 22.1 Å². The van der Waals surface area contributed by atoms with E-state index in [-0.39, 0.29) is 0 Å². The number of nitrogens with zero attached hydrogens (tertiary/aromatic N) is 3. The molecule has 35 heavy (non-hydrogen) atoms. The highest BCUT2D eigenvalue weighted by atomic mass is 35.5. The van der Waals surface area contributed by atoms with Gasteiger partial charge in [0.15, 0.2) is 5.82 Å². The van der Waals surface area contributed by atoms with Crippen molar-refractivity contribution in [3.8, 4) is 39.5 Å². The molecule has 0 saturated carbocycles. The molecule has 0 unspecified atom stereocenters. The summed E-state index contributed by atoms with van der Waals surface area (Å²) in [4.78, 5) is 14.1. The van der Waals surface area contributed by atoms with E-state index in [9.17, 15) is 0 Å². The zero-order valence-electron chi connectivity index (χ0n) is 19.1. The van der Waals surface area contributed by atoms with Crippen LogP contribution >= 0.6 is 11.6 Å². The van der Waals surface area contributed by atoms with Crippen LogP contribution in [0.1, 0.15) is 5.56 Å². The number of benzene rings is 3. The summed E-state index contributed by atoms with van der Waals surface area (Å²) in [5.74, 6) is 2.20. The Morgan fingerprint density at radius 2 is 1.49 bits per heavy atom. The standard InChI is InChI=1S/C29H23ClN4O/c1-35-26-13-9-21(10-14-26)23-15-24(19-31-18-23)27-16-28(32-17-20-7-11-25(30)12-8-20)34-29(33-27)22-5-3-2-4-6-22/h2-16,18-19H,17H2,1H3,(H,32,33,34). The van der Waals surface area contributed by atoms with Gasteiger partial charge in [-0.2, -0.15) is 0 Å². The van der Waals surface area contributed by atoms with Crippen LogP contribution in [0.5, 0.6) is 5.75 Å². The number of halogens is 1. The van der Waals surface area contributed by atoms with Gasteiger partial charge in [-0.05, 0) is 41.5 Å². The highest BCUT2D eigenvalue weighted by Crippen LogP contribution is 2.28. The molecule has 0 fully saturated rings. The first-order valence-corrected chi connectivity index (χ1v) is 11.6. The summed E-state index contributed by atoms with van der Waals surface area (Å²) in [6, 6.07) is 29.7. The Balaban J connectivity index is 1.51. The van der Waals surface area contributed by atoms with Gasteiger partial charge in [-0.3, -0.25) is 4.98 Å². The minimum atomic E-state index is 0.617. The predicted molar refractivity (Wildman–Crippen MR) is 141 cm³/mol. The molecule has 3 aromatic carbocycles. The third kappa shape index (κ3) is 5.48. The van der Waals surface area contributed by atoms with Crippen LogP contribution < -0.4 is 10.1 Å². The van der Waals surface area contributed by atoms with Crippen LogP contribution in [0.3, 0.4) is 0 Å². The van der Waals surface area contributed by atoms with Crippen molar-refractivity contribution < 1.29 is 4.74 Å². The smallest absolute Gasteiger partial charge is 0.162 e. The average molecular weight is 479 g/mol. The number of nitrogens with one attached hydrogen (secondary N) is 1. The fourth-order valence-corrected chi connectivity index (χ4v) is 3.84. The summed E-state index contributed by atoms with van der Waals surface area (Å²) < 4.78 is 5.28. The molecule has 5 aromatic rings. The lowest BCUT2D eigenvalue weighted by Crippen LogP contribution is -2.04. The van der Waals surface area contributed by atoms with Crippen LogP contribution in [0.25, 0.3) is 33.8 Å². The van der Waals surface area contributed by atoms with E-state index in [1.54, 1.807) is 7.11 Å². The van der Waals surface area contributed by atoms with Gasteiger partial charge in [0, 0.05) is 46.7 Å². The van der Waals surface area contributed by atoms with Crippen molar-refractivity contribution in [2.45, 2.75) is 6.54 Å². The molecule has 2 heterocycles. The fraction of sp³-hybridized carbons (Fsp3) is 0.0690. The Morgan fingerprint density at radius 3 is 2.23 bits per heavy atom. The van der Waals surface area contributed by atoms with Gasteiger partial charge in [0.1, 0.15) is 11.6 Å². The van der Waals surface area contributed by atoms with Gasteiger partial charge in [-0.1, -0.05) is 66.2 Å². The highest BCUT2D eigenvalue weighted by Gasteiger charge is 2.11. The molecule has 0 saturated heterocycles. The second kappa shape index (κ2) is 10.4. The third-order valence-corrected chi connectivity index (χ3v) is 5.85. The summed E-state index contributed by atoms with van der Waals surface area (Å²) in [7, 11) is 1.66. The molecule has 0 radical (unpaired) electrons. The van der Waals surface area contributed by atoms with Crippen molar-refractivity contribution in [1.82, 2.24) is 15.0 Å². The van der Waals surface area contributed by atoms with E-state index in [1.165, 1.54) is 0 Å². The number of methoxy groups -OCH3 is 1. The normalized spacial score (nSPS) is 10.7. The number of hydrogen-bond acceptors (Lipinski definition) is 5. The lowest BCUT2D eigenvalue weighted by Gasteiger charge is -2.12. The van der Waals surface area contributed by atoms with Gasteiger partial charge in [-0.25, -0.2) is 9.97 Å². The summed E-state index contributed by atoms with van der Waals surface area (Å²) in [5.41, 5.74) is 5.81. The van der Waals surface area contributed by atoms with E-state index in [0.717, 1.165) is 45.1 Å². The highest BCUT2D eigenvalue weighted by molar-refractivity contribution is 6.30. The Bertz CT molecular complexity index is 1420. The zero-order chi connectivity index (χ0) is 24.0. The molecule has 5 rings (SSSR count). The van der Waals surface area contributed by atoms with Gasteiger partial charge >= 0.3 is 0 Å². The number of rotatable bonds is 7. The quantitative estimate of drug-likeness (QED) is 0.269. The molecular formula is C29H23ClN4O. The van der Waals surface area contributed by atoms with E-state index in [1.807, 2.05) is 97.3 Å². The van der Waals surface area contributed by atoms with Gasteiger partial charge in [0.25, 0.3) is 0 Å². The number of pyridine rings is 1. The van der Waals surface area contributed by atoms with Crippen molar-refractivity contribution >= 4 is 17.4 Å². The monoisotopic (exact) mass is 478 g/mol. The lowest BCUT2D eigenvalue weighted by atomic mass is 10.0. The van der Waals surface area contributed by atoms with Crippen molar-refractivity contribution in [3.05, 3.63) is 114 Å². The average Bonchev–Trinajstić information content (AvgIpc) is 2.93. The SMILES string of the molecule is COc1ccc(-c2cncc(-c3cc(NCc4ccc(Cl)cc4)nc(-c4ccccc4)n3)c2)cc1. The third-order valence-electron chi connectivity index (χ3n) is 5.60. The van der Waals surface area contributed by atoms with Gasteiger partial charge < -0.3 is 10.1 Å². The Hall–Kier alpha value is -4.22. The van der Waals surface area contributed by atoms with E-state index >= 15 is 0 Å². The van der Waals surface area contributed by atoms with Crippen LogP contribution in [-0.2, 0) is 6.54 Å². The molecule has 0 aliphatic heterocycles. The number of anilines is 1. The molecular weight excluding hydrogens is 456 g/mol. The maximum absolute atomic E-state index is 6.03. The molecule has 0 amide bonds. The lowest BCUT2D eigenvalue weighted by molar-refractivity contribution is 0.415. The summed E-state index contributed by atoms with van der Waals surface area (Å²) in [5, 5.41) is 4.15. The summed E-state index contributed by atoms with van der Waals surface area (Å²) in [6.45, 7) is 0.617. The summed E-state index contributed by atoms with van der Waals surface area (Å²) in [6.07, 6.45) is 3.68. The zero-order valence-corrected chi connectivity index (χ0v) is 19.9. The molecule has 1 N–H and O–H groups in total. The van der Waals surface area contributed by atoms with Gasteiger partial charge in [-0.15, -0.1) is 0 Å². The minimum absolute atomic E-state index is 0.617. The Kier molecular flexibility index (Phi) is 6.68. The number of aromatic nitrogens is 3. The maximum Gasteiger partial charge on any atom is 0.162 e. The van der Waals surface area contributed by atoms with Gasteiger partial charge in [0.05, 0.1) is 12.8 Å². The summed E-state index contributed by atoms with van der Waals surface area (Å²) >= 11 is 6.03. The van der Waals surface area contributed by atoms with Gasteiger partial charge in [0.2, 0.25) is 0 Å². The second-order valence-corrected chi connectivity index (χ2v) is 8.44. The molecule has 0 atom stereocenters. The van der Waals surface area contributed by atoms with Crippen LogP contribution in [0, 0.1) is 0 Å². The number of hydrogen-bond donors (Lipinski definition) is 1. The van der Waals surface area contributed by atoms with Crippen LogP contribution in [0.4, 0.5) is 5.82 Å². The Morgan fingerprint density at radius 1 is 0.743 bits per heavy atom. The fourth-order valence-electron chi connectivity index (χ4n) is 3.72. The first kappa shape index (κ1) is 22.6. The van der Waals surface area contributed by atoms with Crippen molar-refractivity contribution in [2.24, 2.45) is 0 Å². The van der Waals surface area contributed by atoms with E-state index in [0.29, 0.717) is 17.4 Å². The molecule has 5 nitrogen and oxygen atoms in total. The molecule has 0 aliphatic rings. The maximum atomic E-state index is 6.03. The van der Waals surface area contributed by atoms with E-state index < -0.39 is 0 Å². The first-order valence-electron chi connectivity index (χ1n) is 11.2. The molecule has 172 valence electrons. The molecule has 0 bridgehead atoms. The largest absolute Gasteiger partial charge is 0.497 e. The number of ether oxygens (including phenoxy) is 1. The van der Waals surface area contributed by atoms with Crippen molar-refractivity contribution in [3.63, 3.8) is 0 Å². The first-order chi connectivity index (χ1) is 17.2. The Labute approximate surface area is 209 Å². The minimum Gasteiger partial charge on any atom is -0.497 e. The van der Waals surface area contributed by atoms with Crippen LogP contribution in [0.15, 0.2) is 103 Å². The predicted octanol–water partition coefficient (Wildman–Crippen LogP) is 7.15. The van der Waals surface area contributed by atoms with Crippen molar-refractivity contribution in [2.75, 3.05) is 12.4 Å². The van der Waals surface area contributed by atoms with Crippen molar-refractivity contribution in [1.29, 1.82) is 0 Å². The topological polar surface area (TPSA) is 59.9 Å². The molecule has 0 aliphatic carbocycles.